The zero-order valence-corrected chi connectivity index (χ0v) is 31.9. The summed E-state index contributed by atoms with van der Waals surface area (Å²) in [6.45, 7) is 2.27. The van der Waals surface area contributed by atoms with Crippen molar-refractivity contribution >= 4 is 31.3 Å². The number of nitrogens with zero attached hydrogens (tertiary/aromatic N) is 2. The van der Waals surface area contributed by atoms with Crippen molar-refractivity contribution in [2.24, 2.45) is 0 Å². The molecule has 0 N–H and O–H groups in total. The van der Waals surface area contributed by atoms with Gasteiger partial charge in [0.2, 0.25) is 0 Å². The molecule has 1 heterocycles. The monoisotopic (exact) mass is 650 g/mol. The molecule has 228 valence electrons. The number of hydrogen-bond donors (Lipinski definition) is 0. The Labute approximate surface area is 302 Å². The standard InChI is InChI=1S/C31H46N2O6S2.2Na/c1-2-3-4-5-6-7-8-9-10-11-12-13-14-15-16-24-30-32-31-27(21-19-23-29(31)41(37,38)39)33(30)25-26-20-17-18-22-28(26)40(34,35)36;;/h17-23H,2-16,24-25H2,1H3,(H,34,35,36)(H,37,38,39);;/q;2*+1/p-2. The largest absolute Gasteiger partial charge is 1.00 e. The van der Waals surface area contributed by atoms with E-state index in [9.17, 15) is 25.9 Å². The average Bonchev–Trinajstić information content (AvgIpc) is 3.27. The van der Waals surface area contributed by atoms with Gasteiger partial charge in [-0.3, -0.25) is 0 Å². The quantitative estimate of drug-likeness (QED) is 0.102. The van der Waals surface area contributed by atoms with E-state index in [2.05, 4.69) is 11.9 Å². The maximum absolute atomic E-state index is 11.9. The van der Waals surface area contributed by atoms with E-state index < -0.39 is 25.1 Å². The zero-order valence-electron chi connectivity index (χ0n) is 26.2. The number of unbranched alkanes of at least 4 members (excludes halogenated alkanes) is 14. The molecule has 2 aromatic carbocycles. The SMILES string of the molecule is CCCCCCCCCCCCCCCCCc1nc2c(S(=O)(=O)[O-])cccc2n1Cc1ccccc1S(=O)(=O)[O-].[Na+].[Na+]. The second-order valence-corrected chi connectivity index (χ2v) is 13.6. The molecule has 0 unspecified atom stereocenters. The second-order valence-electron chi connectivity index (χ2n) is 11.0. The first kappa shape index (κ1) is 40.8. The molecule has 0 radical (unpaired) electrons. The van der Waals surface area contributed by atoms with Gasteiger partial charge in [-0.25, -0.2) is 21.8 Å². The molecule has 0 atom stereocenters. The van der Waals surface area contributed by atoms with Gasteiger partial charge in [0.1, 0.15) is 31.6 Å². The summed E-state index contributed by atoms with van der Waals surface area (Å²) in [5, 5.41) is 0. The minimum atomic E-state index is -4.76. The summed E-state index contributed by atoms with van der Waals surface area (Å²) >= 11 is 0. The van der Waals surface area contributed by atoms with Crippen molar-refractivity contribution in [1.29, 1.82) is 0 Å². The van der Waals surface area contributed by atoms with E-state index in [1.165, 1.54) is 101 Å². The number of imidazole rings is 1. The van der Waals surface area contributed by atoms with Crippen molar-refractivity contribution in [2.75, 3.05) is 0 Å². The number of fused-ring (bicyclic) bond motifs is 1. The summed E-state index contributed by atoms with van der Waals surface area (Å²) in [6, 6.07) is 10.3. The number of para-hydroxylation sites is 1. The van der Waals surface area contributed by atoms with Crippen LogP contribution in [0.2, 0.25) is 0 Å². The van der Waals surface area contributed by atoms with Crippen LogP contribution in [0.3, 0.4) is 0 Å². The van der Waals surface area contributed by atoms with E-state index in [-0.39, 0.29) is 81.6 Å². The third kappa shape index (κ3) is 13.5. The first-order valence-electron chi connectivity index (χ1n) is 15.1. The molecule has 0 spiro atoms. The fourth-order valence-corrected chi connectivity index (χ4v) is 6.77. The third-order valence-electron chi connectivity index (χ3n) is 7.66. The molecule has 8 nitrogen and oxygen atoms in total. The van der Waals surface area contributed by atoms with Gasteiger partial charge in [-0.15, -0.1) is 0 Å². The first-order chi connectivity index (χ1) is 19.6. The Morgan fingerprint density at radius 2 is 1.09 bits per heavy atom. The molecule has 0 fully saturated rings. The van der Waals surface area contributed by atoms with E-state index in [1.54, 1.807) is 22.8 Å². The van der Waals surface area contributed by atoms with Crippen LogP contribution in [-0.4, -0.2) is 35.5 Å². The summed E-state index contributed by atoms with van der Waals surface area (Å²) in [7, 11) is -9.47. The molecule has 0 amide bonds. The van der Waals surface area contributed by atoms with Crippen LogP contribution in [0.25, 0.3) is 11.0 Å². The molecular weight excluding hydrogens is 606 g/mol. The molecule has 1 aromatic heterocycles. The number of aromatic nitrogens is 2. The molecule has 43 heavy (non-hydrogen) atoms. The predicted octanol–water partition coefficient (Wildman–Crippen LogP) is 1.31. The van der Waals surface area contributed by atoms with Gasteiger partial charge in [0.25, 0.3) is 0 Å². The fraction of sp³-hybridized carbons (Fsp3) is 0.581. The Hall–Kier alpha value is -0.270. The van der Waals surface area contributed by atoms with Crippen molar-refractivity contribution in [3.63, 3.8) is 0 Å². The fourth-order valence-electron chi connectivity index (χ4n) is 5.44. The van der Waals surface area contributed by atoms with Gasteiger partial charge in [-0.2, -0.15) is 0 Å². The van der Waals surface area contributed by atoms with E-state index in [4.69, 9.17) is 0 Å². The summed E-state index contributed by atoms with van der Waals surface area (Å²) in [5.74, 6) is 0.559. The normalized spacial score (nSPS) is 11.8. The Kier molecular flexibility index (Phi) is 19.7. The third-order valence-corrected chi connectivity index (χ3v) is 9.47. The maximum Gasteiger partial charge on any atom is 1.00 e. The summed E-state index contributed by atoms with van der Waals surface area (Å²) in [4.78, 5) is 3.79. The topological polar surface area (TPSA) is 132 Å². The van der Waals surface area contributed by atoms with Gasteiger partial charge < -0.3 is 13.7 Å². The van der Waals surface area contributed by atoms with Gasteiger partial charge >= 0.3 is 59.1 Å². The van der Waals surface area contributed by atoms with Crippen molar-refractivity contribution in [3.05, 3.63) is 53.9 Å². The van der Waals surface area contributed by atoms with E-state index in [0.29, 0.717) is 17.8 Å². The van der Waals surface area contributed by atoms with E-state index in [1.807, 2.05) is 0 Å². The predicted molar refractivity (Wildman–Crippen MR) is 160 cm³/mol. The zero-order chi connectivity index (χ0) is 29.7. The van der Waals surface area contributed by atoms with Gasteiger partial charge in [0, 0.05) is 6.42 Å². The Morgan fingerprint density at radius 1 is 0.628 bits per heavy atom. The van der Waals surface area contributed by atoms with Crippen LogP contribution in [0.15, 0.2) is 52.3 Å². The Bertz CT molecular complexity index is 1460. The van der Waals surface area contributed by atoms with Crippen molar-refractivity contribution in [1.82, 2.24) is 9.55 Å². The molecule has 12 heteroatoms. The van der Waals surface area contributed by atoms with Crippen LogP contribution in [0, 0.1) is 0 Å². The van der Waals surface area contributed by atoms with Crippen molar-refractivity contribution < 1.29 is 85.1 Å². The summed E-state index contributed by atoms with van der Waals surface area (Å²) in [5.41, 5.74) is 0.770. The summed E-state index contributed by atoms with van der Waals surface area (Å²) in [6.07, 6.45) is 19.2. The molecule has 3 rings (SSSR count). The molecule has 0 aliphatic heterocycles. The number of aryl methyl sites for hydroxylation is 1. The number of rotatable bonds is 20. The minimum Gasteiger partial charge on any atom is -0.744 e. The molecule has 0 bridgehead atoms. The molecule has 0 aliphatic rings. The first-order valence-corrected chi connectivity index (χ1v) is 17.9. The van der Waals surface area contributed by atoms with Crippen molar-refractivity contribution in [2.45, 2.75) is 126 Å². The molecule has 0 saturated heterocycles. The van der Waals surface area contributed by atoms with Gasteiger partial charge in [-0.05, 0) is 30.2 Å². The van der Waals surface area contributed by atoms with Crippen LogP contribution < -0.4 is 59.1 Å². The van der Waals surface area contributed by atoms with E-state index >= 15 is 0 Å². The van der Waals surface area contributed by atoms with Gasteiger partial charge in [0.05, 0.1) is 21.9 Å². The number of benzene rings is 2. The van der Waals surface area contributed by atoms with Crippen molar-refractivity contribution in [3.8, 4) is 0 Å². The minimum absolute atomic E-state index is 0. The average molecular weight is 651 g/mol. The van der Waals surface area contributed by atoms with Crippen LogP contribution in [0.1, 0.15) is 115 Å². The smallest absolute Gasteiger partial charge is 0.744 e. The van der Waals surface area contributed by atoms with Crippen LogP contribution in [-0.2, 0) is 33.2 Å². The van der Waals surface area contributed by atoms with Crippen LogP contribution in [0.5, 0.6) is 0 Å². The maximum atomic E-state index is 11.9. The number of hydrogen-bond acceptors (Lipinski definition) is 7. The molecular formula is C31H44N2Na2O6S2. The molecule has 0 saturated carbocycles. The summed E-state index contributed by atoms with van der Waals surface area (Å²) < 4.78 is 72.9. The van der Waals surface area contributed by atoms with E-state index in [0.717, 1.165) is 19.3 Å². The van der Waals surface area contributed by atoms with Gasteiger partial charge in [-0.1, -0.05) is 121 Å². The molecule has 0 aliphatic carbocycles. The molecule has 3 aromatic rings. The Balaban J connectivity index is 0.00000462. The second kappa shape index (κ2) is 20.8. The van der Waals surface area contributed by atoms with Gasteiger partial charge in [0.15, 0.2) is 0 Å². The Morgan fingerprint density at radius 3 is 1.60 bits per heavy atom. The van der Waals surface area contributed by atoms with Crippen LogP contribution >= 0.6 is 0 Å². The van der Waals surface area contributed by atoms with Crippen LogP contribution in [0.4, 0.5) is 0 Å².